The van der Waals surface area contributed by atoms with Crippen molar-refractivity contribution < 1.29 is 27.4 Å². The molecule has 1 N–H and O–H groups in total. The molecule has 0 aliphatic carbocycles. The summed E-state index contributed by atoms with van der Waals surface area (Å²) >= 11 is 0. The minimum absolute atomic E-state index is 0.0216. The van der Waals surface area contributed by atoms with Crippen LogP contribution in [0.2, 0.25) is 0 Å². The molecule has 5 nitrogen and oxygen atoms in total. The van der Waals surface area contributed by atoms with Crippen LogP contribution in [-0.2, 0) is 15.7 Å². The molecule has 1 saturated heterocycles. The quantitative estimate of drug-likeness (QED) is 0.767. The van der Waals surface area contributed by atoms with Gasteiger partial charge in [-0.2, -0.15) is 13.2 Å². The summed E-state index contributed by atoms with van der Waals surface area (Å²) in [6.07, 6.45) is -3.63. The van der Waals surface area contributed by atoms with E-state index in [9.17, 15) is 18.0 Å². The molecule has 24 heavy (non-hydrogen) atoms. The summed E-state index contributed by atoms with van der Waals surface area (Å²) in [7, 11) is 0. The molecule has 0 radical (unpaired) electrons. The van der Waals surface area contributed by atoms with Crippen molar-refractivity contribution in [3.8, 4) is 5.75 Å². The average molecular weight is 346 g/mol. The second kappa shape index (κ2) is 8.89. The fraction of sp³-hybridized carbons (Fsp3) is 0.562. The predicted molar refractivity (Wildman–Crippen MR) is 81.8 cm³/mol. The molecule has 0 saturated carbocycles. The van der Waals surface area contributed by atoms with Crippen LogP contribution in [0, 0.1) is 0 Å². The number of carbonyl (C=O) groups is 1. The maximum Gasteiger partial charge on any atom is 0.416 e. The molecule has 1 aromatic rings. The number of halogens is 3. The molecule has 1 amide bonds. The third-order valence-electron chi connectivity index (χ3n) is 3.61. The van der Waals surface area contributed by atoms with Crippen molar-refractivity contribution in [2.75, 3.05) is 46.0 Å². The molecule has 0 aromatic heterocycles. The van der Waals surface area contributed by atoms with Crippen LogP contribution >= 0.6 is 0 Å². The molecule has 1 aliphatic rings. The van der Waals surface area contributed by atoms with Crippen molar-refractivity contribution in [1.82, 2.24) is 10.2 Å². The van der Waals surface area contributed by atoms with E-state index in [2.05, 4.69) is 10.2 Å². The Bertz CT molecular complexity index is 532. The molecule has 8 heteroatoms. The van der Waals surface area contributed by atoms with Crippen LogP contribution in [0.3, 0.4) is 0 Å². The summed E-state index contributed by atoms with van der Waals surface area (Å²) < 4.78 is 48.1. The number of hydrogen-bond acceptors (Lipinski definition) is 4. The van der Waals surface area contributed by atoms with Gasteiger partial charge >= 0.3 is 6.18 Å². The van der Waals surface area contributed by atoms with Crippen molar-refractivity contribution >= 4 is 5.91 Å². The van der Waals surface area contributed by atoms with E-state index >= 15 is 0 Å². The highest BCUT2D eigenvalue weighted by Gasteiger charge is 2.30. The summed E-state index contributed by atoms with van der Waals surface area (Å²) in [5.74, 6) is -0.331. The second-order valence-electron chi connectivity index (χ2n) is 5.47. The van der Waals surface area contributed by atoms with Gasteiger partial charge in [0.25, 0.3) is 5.91 Å². The van der Waals surface area contributed by atoms with Gasteiger partial charge in [-0.1, -0.05) is 6.07 Å². The third-order valence-corrected chi connectivity index (χ3v) is 3.61. The van der Waals surface area contributed by atoms with E-state index in [1.165, 1.54) is 12.1 Å². The largest absolute Gasteiger partial charge is 0.484 e. The Kier molecular flexibility index (Phi) is 6.86. The van der Waals surface area contributed by atoms with E-state index in [1.807, 2.05) is 0 Å². The molecular formula is C16H21F3N2O3. The zero-order valence-corrected chi connectivity index (χ0v) is 13.3. The highest BCUT2D eigenvalue weighted by atomic mass is 19.4. The lowest BCUT2D eigenvalue weighted by Gasteiger charge is -2.26. The van der Waals surface area contributed by atoms with Gasteiger partial charge in [-0.25, -0.2) is 0 Å². The Morgan fingerprint density at radius 1 is 1.29 bits per heavy atom. The smallest absolute Gasteiger partial charge is 0.416 e. The van der Waals surface area contributed by atoms with Crippen LogP contribution in [0.25, 0.3) is 0 Å². The molecule has 2 rings (SSSR count). The van der Waals surface area contributed by atoms with Crippen molar-refractivity contribution in [3.63, 3.8) is 0 Å². The van der Waals surface area contributed by atoms with E-state index in [1.54, 1.807) is 0 Å². The number of nitrogens with zero attached hydrogens (tertiary/aromatic N) is 1. The molecule has 1 heterocycles. The van der Waals surface area contributed by atoms with Gasteiger partial charge in [-0.3, -0.25) is 9.69 Å². The van der Waals surface area contributed by atoms with Gasteiger partial charge in [0.05, 0.1) is 18.8 Å². The van der Waals surface area contributed by atoms with Crippen LogP contribution in [0.5, 0.6) is 5.75 Å². The normalized spacial score (nSPS) is 16.0. The Balaban J connectivity index is 1.64. The van der Waals surface area contributed by atoms with Gasteiger partial charge < -0.3 is 14.8 Å². The van der Waals surface area contributed by atoms with Crippen molar-refractivity contribution in [3.05, 3.63) is 29.8 Å². The van der Waals surface area contributed by atoms with E-state index < -0.39 is 11.7 Å². The number of benzene rings is 1. The van der Waals surface area contributed by atoms with Gasteiger partial charge in [0.1, 0.15) is 5.75 Å². The summed E-state index contributed by atoms with van der Waals surface area (Å²) in [4.78, 5) is 13.9. The van der Waals surface area contributed by atoms with Crippen molar-refractivity contribution in [1.29, 1.82) is 0 Å². The highest BCUT2D eigenvalue weighted by Crippen LogP contribution is 2.31. The SMILES string of the molecule is O=C(COc1cccc(C(F)(F)F)c1)NCCCN1CCOCC1. The second-order valence-corrected chi connectivity index (χ2v) is 5.47. The van der Waals surface area contributed by atoms with E-state index in [0.29, 0.717) is 6.54 Å². The summed E-state index contributed by atoms with van der Waals surface area (Å²) in [6, 6.07) is 4.48. The first-order valence-corrected chi connectivity index (χ1v) is 7.82. The van der Waals surface area contributed by atoms with Crippen LogP contribution in [0.1, 0.15) is 12.0 Å². The lowest BCUT2D eigenvalue weighted by molar-refractivity contribution is -0.137. The molecule has 0 spiro atoms. The average Bonchev–Trinajstić information content (AvgIpc) is 2.57. The number of amides is 1. The molecule has 0 bridgehead atoms. The number of alkyl halides is 3. The molecule has 0 unspecified atom stereocenters. The Morgan fingerprint density at radius 3 is 2.75 bits per heavy atom. The number of nitrogens with one attached hydrogen (secondary N) is 1. The number of morpholine rings is 1. The minimum atomic E-state index is -4.43. The molecule has 134 valence electrons. The van der Waals surface area contributed by atoms with Crippen LogP contribution < -0.4 is 10.1 Å². The lowest BCUT2D eigenvalue weighted by atomic mass is 10.2. The number of carbonyl (C=O) groups excluding carboxylic acids is 1. The third kappa shape index (κ3) is 6.37. The van der Waals surface area contributed by atoms with E-state index in [-0.39, 0.29) is 18.3 Å². The zero-order chi connectivity index (χ0) is 17.4. The molecule has 1 fully saturated rings. The fourth-order valence-corrected chi connectivity index (χ4v) is 2.32. The van der Waals surface area contributed by atoms with E-state index in [4.69, 9.17) is 9.47 Å². The van der Waals surface area contributed by atoms with Gasteiger partial charge in [0, 0.05) is 19.6 Å². The van der Waals surface area contributed by atoms with Gasteiger partial charge in [0.2, 0.25) is 0 Å². The molecule has 1 aliphatic heterocycles. The minimum Gasteiger partial charge on any atom is -0.484 e. The van der Waals surface area contributed by atoms with E-state index in [0.717, 1.165) is 51.4 Å². The monoisotopic (exact) mass is 346 g/mol. The van der Waals surface area contributed by atoms with Crippen molar-refractivity contribution in [2.45, 2.75) is 12.6 Å². The Morgan fingerprint density at radius 2 is 2.04 bits per heavy atom. The fourth-order valence-electron chi connectivity index (χ4n) is 2.32. The summed E-state index contributed by atoms with van der Waals surface area (Å²) in [5.41, 5.74) is -0.800. The number of rotatable bonds is 7. The molecular weight excluding hydrogens is 325 g/mol. The topological polar surface area (TPSA) is 50.8 Å². The molecule has 1 aromatic carbocycles. The van der Waals surface area contributed by atoms with Gasteiger partial charge in [-0.05, 0) is 31.2 Å². The Labute approximate surface area is 138 Å². The van der Waals surface area contributed by atoms with Gasteiger partial charge in [0.15, 0.2) is 6.61 Å². The van der Waals surface area contributed by atoms with Crippen LogP contribution in [0.4, 0.5) is 13.2 Å². The lowest BCUT2D eigenvalue weighted by Crippen LogP contribution is -2.38. The first-order valence-electron chi connectivity index (χ1n) is 7.82. The maximum atomic E-state index is 12.6. The number of ether oxygens (including phenoxy) is 2. The van der Waals surface area contributed by atoms with Crippen molar-refractivity contribution in [2.24, 2.45) is 0 Å². The zero-order valence-electron chi connectivity index (χ0n) is 13.3. The van der Waals surface area contributed by atoms with Gasteiger partial charge in [-0.15, -0.1) is 0 Å². The standard InChI is InChI=1S/C16H21F3N2O3/c17-16(18,19)13-3-1-4-14(11-13)24-12-15(22)20-5-2-6-21-7-9-23-10-8-21/h1,3-4,11H,2,5-10,12H2,(H,20,22). The first kappa shape index (κ1) is 18.5. The number of hydrogen-bond donors (Lipinski definition) is 1. The maximum absolute atomic E-state index is 12.6. The highest BCUT2D eigenvalue weighted by molar-refractivity contribution is 5.77. The summed E-state index contributed by atoms with van der Waals surface area (Å²) in [6.45, 7) is 4.33. The predicted octanol–water partition coefficient (Wildman–Crippen LogP) is 1.92. The summed E-state index contributed by atoms with van der Waals surface area (Å²) in [5, 5.41) is 2.69. The first-order chi connectivity index (χ1) is 11.4. The molecule has 0 atom stereocenters. The van der Waals surface area contributed by atoms with Crippen LogP contribution in [-0.4, -0.2) is 56.8 Å². The van der Waals surface area contributed by atoms with Crippen LogP contribution in [0.15, 0.2) is 24.3 Å². The Hall–Kier alpha value is -1.80.